The summed E-state index contributed by atoms with van der Waals surface area (Å²) in [5.41, 5.74) is 5.67. The van der Waals surface area contributed by atoms with Gasteiger partial charge in [-0.25, -0.2) is 4.98 Å². The molecule has 0 aliphatic carbocycles. The summed E-state index contributed by atoms with van der Waals surface area (Å²) >= 11 is 0. The maximum Gasteiger partial charge on any atom is 0.152 e. The van der Waals surface area contributed by atoms with E-state index in [0.29, 0.717) is 12.5 Å². The number of piperidine rings is 1. The van der Waals surface area contributed by atoms with Crippen LogP contribution in [-0.2, 0) is 13.6 Å². The minimum atomic E-state index is 0.458. The molecule has 114 valence electrons. The molecule has 0 radical (unpaired) electrons. The summed E-state index contributed by atoms with van der Waals surface area (Å²) in [6.45, 7) is 4.58. The first kappa shape index (κ1) is 14.2. The lowest BCUT2D eigenvalue weighted by atomic mass is 9.97. The molecule has 0 spiro atoms. The van der Waals surface area contributed by atoms with Crippen molar-refractivity contribution in [3.8, 4) is 0 Å². The van der Waals surface area contributed by atoms with Gasteiger partial charge in [-0.15, -0.1) is 10.2 Å². The first-order valence-electron chi connectivity index (χ1n) is 7.54. The van der Waals surface area contributed by atoms with E-state index in [1.165, 1.54) is 12.8 Å². The third-order valence-corrected chi connectivity index (χ3v) is 4.20. The van der Waals surface area contributed by atoms with Gasteiger partial charge in [-0.3, -0.25) is 0 Å². The summed E-state index contributed by atoms with van der Waals surface area (Å²) in [4.78, 5) is 6.49. The van der Waals surface area contributed by atoms with Crippen LogP contribution in [0.15, 0.2) is 18.7 Å². The molecule has 7 nitrogen and oxygen atoms in total. The van der Waals surface area contributed by atoms with Gasteiger partial charge in [0, 0.05) is 45.0 Å². The second kappa shape index (κ2) is 6.36. The molecule has 0 amide bonds. The summed E-state index contributed by atoms with van der Waals surface area (Å²) in [5, 5.41) is 8.79. The van der Waals surface area contributed by atoms with Crippen LogP contribution in [0.1, 0.15) is 30.4 Å². The maximum absolute atomic E-state index is 5.67. The molecule has 2 N–H and O–H groups in total. The highest BCUT2D eigenvalue weighted by Crippen LogP contribution is 2.25. The number of hydrogen-bond acceptors (Lipinski definition) is 5. The lowest BCUT2D eigenvalue weighted by Gasteiger charge is -2.31. The Morgan fingerprint density at radius 1 is 1.38 bits per heavy atom. The van der Waals surface area contributed by atoms with Gasteiger partial charge in [0.2, 0.25) is 0 Å². The van der Waals surface area contributed by atoms with Crippen molar-refractivity contribution in [3.05, 3.63) is 30.4 Å². The monoisotopic (exact) mass is 289 g/mol. The van der Waals surface area contributed by atoms with Crippen LogP contribution in [-0.4, -0.2) is 55.4 Å². The molecule has 1 atom stereocenters. The average molecular weight is 289 g/mol. The Morgan fingerprint density at radius 3 is 3.05 bits per heavy atom. The van der Waals surface area contributed by atoms with Crippen molar-refractivity contribution in [2.75, 3.05) is 26.2 Å². The second-order valence-corrected chi connectivity index (χ2v) is 5.70. The summed E-state index contributed by atoms with van der Waals surface area (Å²) in [5.74, 6) is 2.52. The third kappa shape index (κ3) is 3.14. The zero-order valence-corrected chi connectivity index (χ0v) is 12.5. The van der Waals surface area contributed by atoms with E-state index in [4.69, 9.17) is 5.73 Å². The normalized spacial score (nSPS) is 20.0. The fourth-order valence-electron chi connectivity index (χ4n) is 3.06. The third-order valence-electron chi connectivity index (χ3n) is 4.20. The van der Waals surface area contributed by atoms with Crippen LogP contribution in [0.25, 0.3) is 0 Å². The Labute approximate surface area is 124 Å². The van der Waals surface area contributed by atoms with Crippen molar-refractivity contribution in [2.24, 2.45) is 12.8 Å². The molecule has 3 rings (SSSR count). The second-order valence-electron chi connectivity index (χ2n) is 5.70. The van der Waals surface area contributed by atoms with Crippen LogP contribution < -0.4 is 5.73 Å². The standard InChI is InChI=1S/C14H23N7/c1-19-13(10-21-8-5-16-11-21)17-18-14(19)12-3-2-6-20(9-12)7-4-15/h5,8,11-12H,2-4,6-7,9-10,15H2,1H3. The molecule has 2 aromatic heterocycles. The number of likely N-dealkylation sites (tertiary alicyclic amines) is 1. The fraction of sp³-hybridized carbons (Fsp3) is 0.643. The number of aromatic nitrogens is 5. The van der Waals surface area contributed by atoms with E-state index in [-0.39, 0.29) is 0 Å². The zero-order chi connectivity index (χ0) is 14.7. The zero-order valence-electron chi connectivity index (χ0n) is 12.5. The lowest BCUT2D eigenvalue weighted by Crippen LogP contribution is -2.38. The van der Waals surface area contributed by atoms with E-state index in [2.05, 4.69) is 31.7 Å². The van der Waals surface area contributed by atoms with E-state index in [0.717, 1.165) is 37.8 Å². The van der Waals surface area contributed by atoms with Crippen molar-refractivity contribution in [3.63, 3.8) is 0 Å². The van der Waals surface area contributed by atoms with Crippen LogP contribution in [0.3, 0.4) is 0 Å². The van der Waals surface area contributed by atoms with Gasteiger partial charge in [0.05, 0.1) is 12.9 Å². The Balaban J connectivity index is 1.72. The van der Waals surface area contributed by atoms with E-state index >= 15 is 0 Å². The lowest BCUT2D eigenvalue weighted by molar-refractivity contribution is 0.207. The predicted molar refractivity (Wildman–Crippen MR) is 79.8 cm³/mol. The number of rotatable bonds is 5. The van der Waals surface area contributed by atoms with E-state index in [9.17, 15) is 0 Å². The molecular weight excluding hydrogens is 266 g/mol. The molecule has 7 heteroatoms. The van der Waals surface area contributed by atoms with Gasteiger partial charge < -0.3 is 19.8 Å². The Bertz CT molecular complexity index is 558. The molecule has 0 aromatic carbocycles. The van der Waals surface area contributed by atoms with Gasteiger partial charge in [0.1, 0.15) is 5.82 Å². The smallest absolute Gasteiger partial charge is 0.152 e. The highest BCUT2D eigenvalue weighted by Gasteiger charge is 2.25. The maximum atomic E-state index is 5.67. The Morgan fingerprint density at radius 2 is 2.29 bits per heavy atom. The van der Waals surface area contributed by atoms with Crippen LogP contribution in [0.4, 0.5) is 0 Å². The predicted octanol–water partition coefficient (Wildman–Crippen LogP) is 0.198. The van der Waals surface area contributed by atoms with Crippen molar-refractivity contribution in [2.45, 2.75) is 25.3 Å². The molecule has 1 saturated heterocycles. The molecule has 1 aliphatic heterocycles. The Hall–Kier alpha value is -1.73. The number of imidazole rings is 1. The van der Waals surface area contributed by atoms with E-state index in [1.807, 2.05) is 10.8 Å². The summed E-state index contributed by atoms with van der Waals surface area (Å²) in [7, 11) is 2.06. The minimum absolute atomic E-state index is 0.458. The Kier molecular flexibility index (Phi) is 4.31. The average Bonchev–Trinajstić information content (AvgIpc) is 3.11. The van der Waals surface area contributed by atoms with Gasteiger partial charge in [-0.2, -0.15) is 0 Å². The molecule has 1 fully saturated rings. The number of nitrogens with zero attached hydrogens (tertiary/aromatic N) is 6. The quantitative estimate of drug-likeness (QED) is 0.850. The largest absolute Gasteiger partial charge is 0.330 e. The molecule has 3 heterocycles. The molecule has 2 aromatic rings. The highest BCUT2D eigenvalue weighted by atomic mass is 15.3. The van der Waals surface area contributed by atoms with Gasteiger partial charge in [-0.1, -0.05) is 0 Å². The molecule has 1 unspecified atom stereocenters. The molecule has 0 bridgehead atoms. The van der Waals surface area contributed by atoms with Gasteiger partial charge in [-0.05, 0) is 19.4 Å². The van der Waals surface area contributed by atoms with Gasteiger partial charge in [0.25, 0.3) is 0 Å². The SMILES string of the molecule is Cn1c(Cn2ccnc2)nnc1C1CCCN(CCN)C1. The van der Waals surface area contributed by atoms with Crippen molar-refractivity contribution in [1.29, 1.82) is 0 Å². The van der Waals surface area contributed by atoms with E-state index < -0.39 is 0 Å². The topological polar surface area (TPSA) is 77.8 Å². The fourth-order valence-corrected chi connectivity index (χ4v) is 3.06. The van der Waals surface area contributed by atoms with Crippen LogP contribution in [0.5, 0.6) is 0 Å². The van der Waals surface area contributed by atoms with Crippen molar-refractivity contribution < 1.29 is 0 Å². The van der Waals surface area contributed by atoms with Crippen molar-refractivity contribution in [1.82, 2.24) is 29.2 Å². The van der Waals surface area contributed by atoms with Crippen molar-refractivity contribution >= 4 is 0 Å². The molecule has 1 aliphatic rings. The van der Waals surface area contributed by atoms with E-state index in [1.54, 1.807) is 12.5 Å². The molecular formula is C14H23N7. The summed E-state index contributed by atoms with van der Waals surface area (Å²) < 4.78 is 4.14. The van der Waals surface area contributed by atoms with Crippen LogP contribution >= 0.6 is 0 Å². The van der Waals surface area contributed by atoms with Crippen LogP contribution in [0, 0.1) is 0 Å². The molecule has 0 saturated carbocycles. The number of hydrogen-bond donors (Lipinski definition) is 1. The van der Waals surface area contributed by atoms with Gasteiger partial charge in [0.15, 0.2) is 5.82 Å². The van der Waals surface area contributed by atoms with Gasteiger partial charge >= 0.3 is 0 Å². The summed E-state index contributed by atoms with van der Waals surface area (Å²) in [6, 6.07) is 0. The highest BCUT2D eigenvalue weighted by molar-refractivity contribution is 5.04. The minimum Gasteiger partial charge on any atom is -0.330 e. The summed E-state index contributed by atoms with van der Waals surface area (Å²) in [6.07, 6.45) is 7.91. The van der Waals surface area contributed by atoms with Crippen LogP contribution in [0.2, 0.25) is 0 Å². The molecule has 21 heavy (non-hydrogen) atoms. The first-order valence-corrected chi connectivity index (χ1v) is 7.54. The number of nitrogens with two attached hydrogens (primary N) is 1. The first-order chi connectivity index (χ1) is 10.3.